The summed E-state index contributed by atoms with van der Waals surface area (Å²) in [7, 11) is 1.63. The van der Waals surface area contributed by atoms with Crippen LogP contribution in [0.4, 0.5) is 5.69 Å². The number of carboxylic acids is 1. The zero-order valence-corrected chi connectivity index (χ0v) is 11.8. The van der Waals surface area contributed by atoms with Crippen LogP contribution >= 0.6 is 31.9 Å². The second-order valence-corrected chi connectivity index (χ2v) is 5.07. The first-order valence-electron chi connectivity index (χ1n) is 4.59. The maximum atomic E-state index is 10.9. The lowest BCUT2D eigenvalue weighted by Crippen LogP contribution is -2.35. The molecule has 1 aromatic rings. The number of aliphatic carboxylic acids is 1. The highest BCUT2D eigenvalue weighted by molar-refractivity contribution is 9.11. The van der Waals surface area contributed by atoms with Gasteiger partial charge in [-0.2, -0.15) is 0 Å². The van der Waals surface area contributed by atoms with Crippen LogP contribution in [0.15, 0.2) is 21.1 Å². The van der Waals surface area contributed by atoms with Crippen LogP contribution in [0, 0.1) is 0 Å². The molecule has 16 heavy (non-hydrogen) atoms. The molecule has 0 aliphatic rings. The summed E-state index contributed by atoms with van der Waals surface area (Å²) in [5.74, 6) is -0.869. The Hall–Kier alpha value is -0.590. The molecule has 0 radical (unpaired) electrons. The maximum Gasteiger partial charge on any atom is 0.321 e. The zero-order chi connectivity index (χ0) is 12.3. The van der Waals surface area contributed by atoms with Crippen molar-refractivity contribution in [1.82, 2.24) is 5.32 Å². The second kappa shape index (κ2) is 5.65. The van der Waals surface area contributed by atoms with Crippen molar-refractivity contribution >= 4 is 43.5 Å². The average Bonchev–Trinajstić information content (AvgIpc) is 2.21. The van der Waals surface area contributed by atoms with Gasteiger partial charge in [-0.15, -0.1) is 0 Å². The molecule has 0 saturated carbocycles. The molecule has 0 saturated heterocycles. The van der Waals surface area contributed by atoms with Gasteiger partial charge in [0.25, 0.3) is 0 Å². The topological polar surface area (TPSA) is 75.3 Å². The van der Waals surface area contributed by atoms with Gasteiger partial charge in [0.05, 0.1) is 5.69 Å². The monoisotopic (exact) mass is 350 g/mol. The third-order valence-electron chi connectivity index (χ3n) is 2.23. The second-order valence-electron chi connectivity index (χ2n) is 3.36. The van der Waals surface area contributed by atoms with Crippen LogP contribution in [0.3, 0.4) is 0 Å². The largest absolute Gasteiger partial charge is 0.480 e. The summed E-state index contributed by atoms with van der Waals surface area (Å²) >= 11 is 6.65. The highest BCUT2D eigenvalue weighted by atomic mass is 79.9. The first-order valence-corrected chi connectivity index (χ1v) is 6.17. The third kappa shape index (κ3) is 3.20. The van der Waals surface area contributed by atoms with E-state index in [2.05, 4.69) is 37.2 Å². The number of carboxylic acid groups (broad SMARTS) is 1. The van der Waals surface area contributed by atoms with Gasteiger partial charge >= 0.3 is 5.97 Å². The Kier molecular flexibility index (Phi) is 4.76. The summed E-state index contributed by atoms with van der Waals surface area (Å²) < 4.78 is 1.52. The number of hydrogen-bond donors (Lipinski definition) is 3. The first-order chi connectivity index (χ1) is 7.45. The van der Waals surface area contributed by atoms with Crippen LogP contribution in [-0.4, -0.2) is 24.2 Å². The van der Waals surface area contributed by atoms with Crippen molar-refractivity contribution < 1.29 is 9.90 Å². The van der Waals surface area contributed by atoms with Crippen LogP contribution in [0.1, 0.15) is 5.56 Å². The van der Waals surface area contributed by atoms with Gasteiger partial charge in [0.1, 0.15) is 6.04 Å². The van der Waals surface area contributed by atoms with Crippen LogP contribution < -0.4 is 11.1 Å². The number of likely N-dealkylation sites (N-methyl/N-ethyl adjacent to an activating group) is 1. The molecule has 1 atom stereocenters. The van der Waals surface area contributed by atoms with Crippen LogP contribution in [0.5, 0.6) is 0 Å². The molecule has 0 aliphatic heterocycles. The minimum atomic E-state index is -0.869. The number of carbonyl (C=O) groups is 1. The van der Waals surface area contributed by atoms with E-state index < -0.39 is 12.0 Å². The van der Waals surface area contributed by atoms with Crippen molar-refractivity contribution in [1.29, 1.82) is 0 Å². The summed E-state index contributed by atoms with van der Waals surface area (Å²) in [6.45, 7) is 0. The zero-order valence-electron chi connectivity index (χ0n) is 8.63. The summed E-state index contributed by atoms with van der Waals surface area (Å²) in [6.07, 6.45) is 0.406. The molecule has 6 heteroatoms. The normalized spacial score (nSPS) is 12.4. The summed E-state index contributed by atoms with van der Waals surface area (Å²) in [5, 5.41) is 11.7. The smallest absolute Gasteiger partial charge is 0.321 e. The van der Waals surface area contributed by atoms with Gasteiger partial charge in [0, 0.05) is 8.95 Å². The molecular weight excluding hydrogens is 340 g/mol. The Balaban J connectivity index is 2.93. The van der Waals surface area contributed by atoms with Gasteiger partial charge < -0.3 is 16.2 Å². The molecular formula is C10H12Br2N2O2. The number of hydrogen-bond acceptors (Lipinski definition) is 3. The lowest BCUT2D eigenvalue weighted by Gasteiger charge is -2.12. The highest BCUT2D eigenvalue weighted by Crippen LogP contribution is 2.29. The van der Waals surface area contributed by atoms with E-state index in [4.69, 9.17) is 10.8 Å². The van der Waals surface area contributed by atoms with Gasteiger partial charge in [0.15, 0.2) is 0 Å². The Morgan fingerprint density at radius 1 is 1.50 bits per heavy atom. The van der Waals surface area contributed by atoms with E-state index in [1.807, 2.05) is 12.1 Å². The minimum absolute atomic E-state index is 0.406. The molecule has 88 valence electrons. The molecule has 4 nitrogen and oxygen atoms in total. The van der Waals surface area contributed by atoms with E-state index in [0.29, 0.717) is 12.1 Å². The lowest BCUT2D eigenvalue weighted by molar-refractivity contribution is -0.139. The predicted octanol–water partition coefficient (Wildman–Crippen LogP) is 2.01. The Morgan fingerprint density at radius 2 is 2.00 bits per heavy atom. The SMILES string of the molecule is CN[C@H](Cc1cc(Br)c(N)c(Br)c1)C(=O)O. The standard InChI is InChI=1S/C10H12Br2N2O2/c1-14-8(10(15)16)4-5-2-6(11)9(13)7(12)3-5/h2-3,8,14H,4,13H2,1H3,(H,15,16)/t8-/m1/s1. The van der Waals surface area contributed by atoms with E-state index in [9.17, 15) is 4.79 Å². The predicted molar refractivity (Wildman–Crippen MR) is 70.4 cm³/mol. The van der Waals surface area contributed by atoms with Gasteiger partial charge in [-0.05, 0) is 63.0 Å². The van der Waals surface area contributed by atoms with Gasteiger partial charge in [-0.3, -0.25) is 4.79 Å². The lowest BCUT2D eigenvalue weighted by atomic mass is 10.1. The molecule has 1 aromatic carbocycles. The minimum Gasteiger partial charge on any atom is -0.480 e. The highest BCUT2D eigenvalue weighted by Gasteiger charge is 2.16. The molecule has 0 amide bonds. The molecule has 0 aliphatic carbocycles. The summed E-state index contributed by atoms with van der Waals surface area (Å²) in [5.41, 5.74) is 7.26. The van der Waals surface area contributed by atoms with Crippen molar-refractivity contribution in [3.63, 3.8) is 0 Å². The molecule has 1 rings (SSSR count). The Morgan fingerprint density at radius 3 is 2.38 bits per heavy atom. The third-order valence-corrected chi connectivity index (χ3v) is 3.54. The van der Waals surface area contributed by atoms with E-state index in [-0.39, 0.29) is 0 Å². The fourth-order valence-corrected chi connectivity index (χ4v) is 2.58. The van der Waals surface area contributed by atoms with E-state index in [1.165, 1.54) is 0 Å². The Bertz CT molecular complexity index is 387. The van der Waals surface area contributed by atoms with Gasteiger partial charge in [0.2, 0.25) is 0 Å². The van der Waals surface area contributed by atoms with Crippen molar-refractivity contribution in [2.24, 2.45) is 0 Å². The summed E-state index contributed by atoms with van der Waals surface area (Å²) in [6, 6.07) is 3.06. The number of nitrogen functional groups attached to an aromatic ring is 1. The molecule has 4 N–H and O–H groups in total. The van der Waals surface area contributed by atoms with Crippen molar-refractivity contribution in [2.45, 2.75) is 12.5 Å². The molecule has 0 spiro atoms. The number of rotatable bonds is 4. The molecule has 0 aromatic heterocycles. The number of anilines is 1. The van der Waals surface area contributed by atoms with Crippen molar-refractivity contribution in [3.8, 4) is 0 Å². The maximum absolute atomic E-state index is 10.9. The number of halogens is 2. The number of benzene rings is 1. The van der Waals surface area contributed by atoms with Gasteiger partial charge in [-0.25, -0.2) is 0 Å². The van der Waals surface area contributed by atoms with Crippen molar-refractivity contribution in [3.05, 3.63) is 26.6 Å². The number of nitrogens with one attached hydrogen (secondary N) is 1. The summed E-state index contributed by atoms with van der Waals surface area (Å²) in [4.78, 5) is 10.9. The molecule has 0 unspecified atom stereocenters. The fourth-order valence-electron chi connectivity index (χ4n) is 1.30. The van der Waals surface area contributed by atoms with Crippen LogP contribution in [0.2, 0.25) is 0 Å². The first kappa shape index (κ1) is 13.5. The molecule has 0 heterocycles. The molecule has 0 fully saturated rings. The van der Waals surface area contributed by atoms with E-state index in [0.717, 1.165) is 14.5 Å². The average molecular weight is 352 g/mol. The Labute approximate surface area is 110 Å². The van der Waals surface area contributed by atoms with E-state index in [1.54, 1.807) is 7.05 Å². The van der Waals surface area contributed by atoms with E-state index >= 15 is 0 Å². The molecule has 0 bridgehead atoms. The fraction of sp³-hybridized carbons (Fsp3) is 0.300. The van der Waals surface area contributed by atoms with Crippen LogP contribution in [-0.2, 0) is 11.2 Å². The van der Waals surface area contributed by atoms with Gasteiger partial charge in [-0.1, -0.05) is 0 Å². The van der Waals surface area contributed by atoms with Crippen LogP contribution in [0.25, 0.3) is 0 Å². The number of nitrogens with two attached hydrogens (primary N) is 1. The quantitative estimate of drug-likeness (QED) is 0.725. The van der Waals surface area contributed by atoms with Crippen molar-refractivity contribution in [2.75, 3.05) is 12.8 Å².